The number of nitrogens with two attached hydrogens (primary N) is 1. The van der Waals surface area contributed by atoms with Gasteiger partial charge in [0.2, 0.25) is 5.91 Å². The Kier molecular flexibility index (Phi) is 5.64. The highest BCUT2D eigenvalue weighted by Gasteiger charge is 2.22. The normalized spacial score (nSPS) is 10.2. The van der Waals surface area contributed by atoms with E-state index in [1.807, 2.05) is 6.07 Å². The first-order valence-corrected chi connectivity index (χ1v) is 7.38. The molecular formula is C16H15ClN4O4. The van der Waals surface area contributed by atoms with Crippen LogP contribution in [0.15, 0.2) is 24.4 Å². The number of methoxy groups -OCH3 is 2. The van der Waals surface area contributed by atoms with Gasteiger partial charge in [-0.25, -0.2) is 4.79 Å². The summed E-state index contributed by atoms with van der Waals surface area (Å²) >= 11 is 6.19. The van der Waals surface area contributed by atoms with Crippen molar-refractivity contribution in [3.63, 3.8) is 0 Å². The van der Waals surface area contributed by atoms with Crippen LogP contribution in [0, 0.1) is 11.3 Å². The molecule has 1 amide bonds. The number of nitrogen functional groups attached to an aromatic ring is 1. The Bertz CT molecular complexity index is 870. The molecule has 130 valence electrons. The molecule has 8 nitrogen and oxygen atoms in total. The summed E-state index contributed by atoms with van der Waals surface area (Å²) in [5.74, 6) is -1.04. The van der Waals surface area contributed by atoms with Gasteiger partial charge in [-0.1, -0.05) is 11.6 Å². The monoisotopic (exact) mass is 362 g/mol. The van der Waals surface area contributed by atoms with E-state index in [0.717, 1.165) is 0 Å². The van der Waals surface area contributed by atoms with E-state index < -0.39 is 5.97 Å². The molecule has 1 heterocycles. The highest BCUT2D eigenvalue weighted by Crippen LogP contribution is 2.29. The van der Waals surface area contributed by atoms with Crippen molar-refractivity contribution in [3.8, 4) is 11.8 Å². The molecule has 25 heavy (non-hydrogen) atoms. The number of rotatable bonds is 5. The van der Waals surface area contributed by atoms with Gasteiger partial charge in [0.05, 0.1) is 29.1 Å². The summed E-state index contributed by atoms with van der Waals surface area (Å²) in [6, 6.07) is 6.61. The molecule has 0 bridgehead atoms. The molecule has 2 rings (SSSR count). The SMILES string of the molecule is COCC(=O)Nc1ccc(-n2cc(C#N)c(N)c2C(=O)OC)cc1Cl. The highest BCUT2D eigenvalue weighted by atomic mass is 35.5. The maximum Gasteiger partial charge on any atom is 0.357 e. The quantitative estimate of drug-likeness (QED) is 0.784. The van der Waals surface area contributed by atoms with Crippen molar-refractivity contribution >= 4 is 34.9 Å². The largest absolute Gasteiger partial charge is 0.464 e. The van der Waals surface area contributed by atoms with Crippen LogP contribution in [0.25, 0.3) is 5.69 Å². The summed E-state index contributed by atoms with van der Waals surface area (Å²) in [5.41, 5.74) is 6.87. The zero-order valence-corrected chi connectivity index (χ0v) is 14.3. The van der Waals surface area contributed by atoms with Crippen molar-refractivity contribution in [2.75, 3.05) is 31.9 Å². The number of amides is 1. The number of nitriles is 1. The number of carbonyl (C=O) groups is 2. The van der Waals surface area contributed by atoms with Crippen LogP contribution in [-0.2, 0) is 14.3 Å². The van der Waals surface area contributed by atoms with Crippen LogP contribution in [0.4, 0.5) is 11.4 Å². The van der Waals surface area contributed by atoms with Crippen molar-refractivity contribution in [2.24, 2.45) is 0 Å². The van der Waals surface area contributed by atoms with Crippen LogP contribution < -0.4 is 11.1 Å². The fraction of sp³-hybridized carbons (Fsp3) is 0.188. The van der Waals surface area contributed by atoms with Gasteiger partial charge >= 0.3 is 5.97 Å². The zero-order chi connectivity index (χ0) is 18.6. The number of nitrogens with one attached hydrogen (secondary N) is 1. The van der Waals surface area contributed by atoms with Crippen LogP contribution >= 0.6 is 11.6 Å². The summed E-state index contributed by atoms with van der Waals surface area (Å²) in [4.78, 5) is 23.6. The van der Waals surface area contributed by atoms with Crippen molar-refractivity contribution in [3.05, 3.63) is 40.7 Å². The summed E-state index contributed by atoms with van der Waals surface area (Å²) in [5, 5.41) is 12.0. The number of hydrogen-bond donors (Lipinski definition) is 2. The average Bonchev–Trinajstić information content (AvgIpc) is 2.92. The van der Waals surface area contributed by atoms with Crippen molar-refractivity contribution < 1.29 is 19.1 Å². The van der Waals surface area contributed by atoms with E-state index in [2.05, 4.69) is 5.32 Å². The van der Waals surface area contributed by atoms with Gasteiger partial charge < -0.3 is 25.1 Å². The Morgan fingerprint density at radius 2 is 2.12 bits per heavy atom. The summed E-state index contributed by atoms with van der Waals surface area (Å²) in [6.45, 7) is -0.107. The maximum absolute atomic E-state index is 12.0. The van der Waals surface area contributed by atoms with Crippen LogP contribution in [0.2, 0.25) is 5.02 Å². The standard InChI is InChI=1S/C16H15ClN4O4/c1-24-8-13(22)20-12-4-3-10(5-11(12)17)21-7-9(6-18)14(19)15(21)16(23)25-2/h3-5,7H,8,19H2,1-2H3,(H,20,22). The van der Waals surface area contributed by atoms with E-state index in [4.69, 9.17) is 32.1 Å². The first-order valence-electron chi connectivity index (χ1n) is 7.00. The van der Waals surface area contributed by atoms with Gasteiger partial charge in [0.1, 0.15) is 12.7 Å². The minimum absolute atomic E-state index is 0.0166. The van der Waals surface area contributed by atoms with Crippen LogP contribution in [0.5, 0.6) is 0 Å². The third-order valence-corrected chi connectivity index (χ3v) is 3.64. The minimum atomic E-state index is -0.687. The van der Waals surface area contributed by atoms with E-state index in [-0.39, 0.29) is 34.5 Å². The van der Waals surface area contributed by atoms with Gasteiger partial charge in [-0.05, 0) is 18.2 Å². The lowest BCUT2D eigenvalue weighted by Gasteiger charge is -2.11. The molecule has 1 aromatic carbocycles. The second kappa shape index (κ2) is 7.70. The minimum Gasteiger partial charge on any atom is -0.464 e. The number of esters is 1. The number of aromatic nitrogens is 1. The topological polar surface area (TPSA) is 119 Å². The lowest BCUT2D eigenvalue weighted by molar-refractivity contribution is -0.119. The van der Waals surface area contributed by atoms with E-state index >= 15 is 0 Å². The van der Waals surface area contributed by atoms with Crippen LogP contribution in [0.3, 0.4) is 0 Å². The number of anilines is 2. The molecule has 0 unspecified atom stereocenters. The Balaban J connectivity index is 2.46. The highest BCUT2D eigenvalue weighted by molar-refractivity contribution is 6.34. The molecule has 2 aromatic rings. The van der Waals surface area contributed by atoms with Gasteiger partial charge in [0.25, 0.3) is 0 Å². The zero-order valence-electron chi connectivity index (χ0n) is 13.5. The lowest BCUT2D eigenvalue weighted by Crippen LogP contribution is -2.17. The number of benzene rings is 1. The van der Waals surface area contributed by atoms with Crippen LogP contribution in [0.1, 0.15) is 16.1 Å². The molecule has 0 aliphatic heterocycles. The molecule has 1 aromatic heterocycles. The van der Waals surface area contributed by atoms with E-state index in [0.29, 0.717) is 11.4 Å². The number of nitrogens with zero attached hydrogens (tertiary/aromatic N) is 2. The third-order valence-electron chi connectivity index (χ3n) is 3.32. The molecule has 0 saturated heterocycles. The predicted octanol–water partition coefficient (Wildman–Crippen LogP) is 1.96. The molecule has 0 atom stereocenters. The Hall–Kier alpha value is -3.02. The van der Waals surface area contributed by atoms with Gasteiger partial charge in [-0.2, -0.15) is 5.26 Å². The first kappa shape index (κ1) is 18.3. The molecule has 0 spiro atoms. The molecule has 0 aliphatic rings. The number of hydrogen-bond acceptors (Lipinski definition) is 6. The van der Waals surface area contributed by atoms with Crippen LogP contribution in [-0.4, -0.2) is 37.3 Å². The molecule has 0 aliphatic carbocycles. The Morgan fingerprint density at radius 3 is 2.68 bits per heavy atom. The van der Waals surface area contributed by atoms with Crippen molar-refractivity contribution in [1.29, 1.82) is 5.26 Å². The van der Waals surface area contributed by atoms with Crippen molar-refractivity contribution in [1.82, 2.24) is 4.57 Å². The maximum atomic E-state index is 12.0. The second-order valence-electron chi connectivity index (χ2n) is 4.92. The summed E-state index contributed by atoms with van der Waals surface area (Å²) in [6.07, 6.45) is 1.41. The molecule has 0 fully saturated rings. The fourth-order valence-corrected chi connectivity index (χ4v) is 2.41. The van der Waals surface area contributed by atoms with Gasteiger partial charge in [-0.3, -0.25) is 4.79 Å². The van der Waals surface area contributed by atoms with Gasteiger partial charge in [-0.15, -0.1) is 0 Å². The fourth-order valence-electron chi connectivity index (χ4n) is 2.19. The average molecular weight is 363 g/mol. The molecule has 0 saturated carbocycles. The molecule has 0 radical (unpaired) electrons. The number of halogens is 1. The lowest BCUT2D eigenvalue weighted by atomic mass is 10.2. The number of ether oxygens (including phenoxy) is 2. The smallest absolute Gasteiger partial charge is 0.357 e. The number of carbonyl (C=O) groups excluding carboxylic acids is 2. The molecule has 3 N–H and O–H groups in total. The summed E-state index contributed by atoms with van der Waals surface area (Å²) in [7, 11) is 2.62. The predicted molar refractivity (Wildman–Crippen MR) is 91.8 cm³/mol. The molecular weight excluding hydrogens is 348 g/mol. The van der Waals surface area contributed by atoms with E-state index in [1.54, 1.807) is 12.1 Å². The van der Waals surface area contributed by atoms with E-state index in [1.165, 1.54) is 31.0 Å². The van der Waals surface area contributed by atoms with E-state index in [9.17, 15) is 9.59 Å². The Labute approximate surface area is 148 Å². The van der Waals surface area contributed by atoms with Gasteiger partial charge in [0, 0.05) is 19.0 Å². The second-order valence-corrected chi connectivity index (χ2v) is 5.33. The van der Waals surface area contributed by atoms with Gasteiger partial charge in [0.15, 0.2) is 5.69 Å². The third kappa shape index (κ3) is 3.74. The molecule has 9 heteroatoms. The first-order chi connectivity index (χ1) is 11.9. The summed E-state index contributed by atoms with van der Waals surface area (Å²) < 4.78 is 10.9. The van der Waals surface area contributed by atoms with Crippen molar-refractivity contribution in [2.45, 2.75) is 0 Å². The Morgan fingerprint density at radius 1 is 1.40 bits per heavy atom.